The van der Waals surface area contributed by atoms with Crippen molar-refractivity contribution < 1.29 is 14.7 Å². The highest BCUT2D eigenvalue weighted by molar-refractivity contribution is 8.00. The van der Waals surface area contributed by atoms with Crippen LogP contribution >= 0.6 is 11.8 Å². The minimum absolute atomic E-state index is 0.0543. The number of carboxylic acids is 1. The molecule has 1 unspecified atom stereocenters. The number of hydrogen-bond acceptors (Lipinski definition) is 3. The zero-order valence-electron chi connectivity index (χ0n) is 14.9. The number of hydrogen-bond donors (Lipinski definition) is 2. The molecule has 2 aromatic carbocycles. The second-order valence-corrected chi connectivity index (χ2v) is 8.26. The summed E-state index contributed by atoms with van der Waals surface area (Å²) >= 11 is 1.16. The van der Waals surface area contributed by atoms with Gasteiger partial charge in [-0.1, -0.05) is 45.0 Å². The van der Waals surface area contributed by atoms with E-state index in [0.29, 0.717) is 16.1 Å². The van der Waals surface area contributed by atoms with Crippen LogP contribution in [0.25, 0.3) is 0 Å². The lowest BCUT2D eigenvalue weighted by molar-refractivity contribution is -0.136. The van der Waals surface area contributed by atoms with E-state index in [1.807, 2.05) is 24.3 Å². The summed E-state index contributed by atoms with van der Waals surface area (Å²) in [5, 5.41) is 11.3. The van der Waals surface area contributed by atoms with E-state index in [1.54, 1.807) is 31.2 Å². The molecule has 4 nitrogen and oxygen atoms in total. The topological polar surface area (TPSA) is 66.4 Å². The first-order valence-corrected chi connectivity index (χ1v) is 8.97. The number of rotatable bonds is 5. The lowest BCUT2D eigenvalue weighted by Crippen LogP contribution is -2.16. The second-order valence-electron chi connectivity index (χ2n) is 6.88. The predicted molar refractivity (Wildman–Crippen MR) is 102 cm³/mol. The molecule has 1 amide bonds. The summed E-state index contributed by atoms with van der Waals surface area (Å²) in [6.07, 6.45) is 0. The number of carbonyl (C=O) groups is 2. The minimum atomic E-state index is -0.905. The second kappa shape index (κ2) is 7.74. The number of aliphatic carboxylic acids is 1. The zero-order valence-corrected chi connectivity index (χ0v) is 15.7. The van der Waals surface area contributed by atoms with Crippen LogP contribution in [0.4, 0.5) is 5.69 Å². The molecule has 0 saturated heterocycles. The molecule has 0 aliphatic carbocycles. The van der Waals surface area contributed by atoms with Crippen LogP contribution in [-0.4, -0.2) is 22.2 Å². The highest BCUT2D eigenvalue weighted by Crippen LogP contribution is 2.28. The van der Waals surface area contributed by atoms with Crippen molar-refractivity contribution in [1.29, 1.82) is 0 Å². The molecular formula is C20H23NO3S. The van der Waals surface area contributed by atoms with Gasteiger partial charge in [-0.05, 0) is 42.2 Å². The molecule has 132 valence electrons. The Morgan fingerprint density at radius 1 is 1.04 bits per heavy atom. The van der Waals surface area contributed by atoms with Crippen molar-refractivity contribution in [3.63, 3.8) is 0 Å². The molecule has 0 aliphatic heterocycles. The fourth-order valence-electron chi connectivity index (χ4n) is 2.25. The Hall–Kier alpha value is -2.27. The molecule has 1 atom stereocenters. The van der Waals surface area contributed by atoms with Crippen LogP contribution in [0.1, 0.15) is 43.6 Å². The van der Waals surface area contributed by atoms with Gasteiger partial charge in [-0.3, -0.25) is 9.59 Å². The Morgan fingerprint density at radius 2 is 1.64 bits per heavy atom. The normalized spacial score (nSPS) is 12.5. The molecule has 2 rings (SSSR count). The summed E-state index contributed by atoms with van der Waals surface area (Å²) in [7, 11) is 0. The van der Waals surface area contributed by atoms with Gasteiger partial charge in [0, 0.05) is 10.6 Å². The maximum Gasteiger partial charge on any atom is 0.316 e. The number of benzene rings is 2. The van der Waals surface area contributed by atoms with E-state index in [0.717, 1.165) is 11.8 Å². The third-order valence-corrected chi connectivity index (χ3v) is 4.96. The largest absolute Gasteiger partial charge is 0.480 e. The number of thioether (sulfide) groups is 1. The summed E-state index contributed by atoms with van der Waals surface area (Å²) < 4.78 is 0. The van der Waals surface area contributed by atoms with Crippen LogP contribution in [0, 0.1) is 0 Å². The van der Waals surface area contributed by atoms with Gasteiger partial charge in [0.25, 0.3) is 5.91 Å². The van der Waals surface area contributed by atoms with Crippen molar-refractivity contribution in [2.24, 2.45) is 0 Å². The molecule has 25 heavy (non-hydrogen) atoms. The summed E-state index contributed by atoms with van der Waals surface area (Å²) in [6, 6.07) is 14.8. The van der Waals surface area contributed by atoms with Crippen LogP contribution in [0.3, 0.4) is 0 Å². The molecule has 0 aliphatic rings. The van der Waals surface area contributed by atoms with Gasteiger partial charge in [-0.15, -0.1) is 11.8 Å². The molecule has 0 aromatic heterocycles. The summed E-state index contributed by atoms with van der Waals surface area (Å²) in [5.74, 6) is -1.15. The van der Waals surface area contributed by atoms with Gasteiger partial charge in [0.15, 0.2) is 0 Å². The van der Waals surface area contributed by atoms with E-state index in [9.17, 15) is 9.59 Å². The molecule has 2 N–H and O–H groups in total. The van der Waals surface area contributed by atoms with Crippen molar-refractivity contribution in [3.05, 3.63) is 59.7 Å². The average molecular weight is 357 g/mol. The maximum absolute atomic E-state index is 12.6. The Kier molecular flexibility index (Phi) is 5.90. The van der Waals surface area contributed by atoms with Gasteiger partial charge in [-0.25, -0.2) is 0 Å². The molecule has 2 aromatic rings. The third kappa shape index (κ3) is 5.10. The standard InChI is InChI=1S/C20H23NO3S/c1-13(19(23)24)25-17-8-6-5-7-16(17)18(22)21-15-11-9-14(10-12-15)20(2,3)4/h5-13H,1-4H3,(H,21,22)(H,23,24). The molecular weight excluding hydrogens is 334 g/mol. The fourth-order valence-corrected chi connectivity index (χ4v) is 3.18. The predicted octanol–water partition coefficient (Wildman–Crippen LogP) is 4.80. The fraction of sp³-hybridized carbons (Fsp3) is 0.300. The molecule has 0 spiro atoms. The molecule has 0 radical (unpaired) electrons. The molecule has 0 fully saturated rings. The van der Waals surface area contributed by atoms with Crippen LogP contribution in [0.2, 0.25) is 0 Å². The first kappa shape index (κ1) is 19.1. The summed E-state index contributed by atoms with van der Waals surface area (Å²) in [4.78, 5) is 24.3. The van der Waals surface area contributed by atoms with Gasteiger partial charge in [0.1, 0.15) is 5.25 Å². The van der Waals surface area contributed by atoms with E-state index in [1.165, 1.54) is 5.56 Å². The summed E-state index contributed by atoms with van der Waals surface area (Å²) in [5.41, 5.74) is 2.43. The SMILES string of the molecule is CC(Sc1ccccc1C(=O)Nc1ccc(C(C)(C)C)cc1)C(=O)O. The van der Waals surface area contributed by atoms with E-state index in [-0.39, 0.29) is 11.3 Å². The smallest absolute Gasteiger partial charge is 0.316 e. The quantitative estimate of drug-likeness (QED) is 0.754. The molecule has 5 heteroatoms. The summed E-state index contributed by atoms with van der Waals surface area (Å²) in [6.45, 7) is 8.01. The van der Waals surface area contributed by atoms with Gasteiger partial charge in [0.2, 0.25) is 0 Å². The lowest BCUT2D eigenvalue weighted by Gasteiger charge is -2.19. The minimum Gasteiger partial charge on any atom is -0.480 e. The molecule has 0 heterocycles. The van der Waals surface area contributed by atoms with Gasteiger partial charge >= 0.3 is 5.97 Å². The first-order chi connectivity index (χ1) is 11.7. The Balaban J connectivity index is 2.17. The van der Waals surface area contributed by atoms with Crippen LogP contribution in [-0.2, 0) is 10.2 Å². The van der Waals surface area contributed by atoms with E-state index in [4.69, 9.17) is 5.11 Å². The van der Waals surface area contributed by atoms with E-state index in [2.05, 4.69) is 26.1 Å². The monoisotopic (exact) mass is 357 g/mol. The Bertz CT molecular complexity index is 763. The van der Waals surface area contributed by atoms with Crippen molar-refractivity contribution >= 4 is 29.3 Å². The van der Waals surface area contributed by atoms with Crippen molar-refractivity contribution in [2.75, 3.05) is 5.32 Å². The number of anilines is 1. The highest BCUT2D eigenvalue weighted by atomic mass is 32.2. The first-order valence-electron chi connectivity index (χ1n) is 8.09. The van der Waals surface area contributed by atoms with E-state index < -0.39 is 11.2 Å². The Morgan fingerprint density at radius 3 is 2.20 bits per heavy atom. The van der Waals surface area contributed by atoms with Crippen molar-refractivity contribution in [3.8, 4) is 0 Å². The maximum atomic E-state index is 12.6. The molecule has 0 saturated carbocycles. The number of amides is 1. The number of carboxylic acid groups (broad SMARTS) is 1. The van der Waals surface area contributed by atoms with Gasteiger partial charge in [0.05, 0.1) is 5.56 Å². The average Bonchev–Trinajstić information content (AvgIpc) is 2.54. The van der Waals surface area contributed by atoms with Gasteiger partial charge in [-0.2, -0.15) is 0 Å². The Labute approximate surface area is 152 Å². The highest BCUT2D eigenvalue weighted by Gasteiger charge is 2.18. The number of carbonyl (C=O) groups excluding carboxylic acids is 1. The van der Waals surface area contributed by atoms with Crippen LogP contribution < -0.4 is 5.32 Å². The van der Waals surface area contributed by atoms with Gasteiger partial charge < -0.3 is 10.4 Å². The zero-order chi connectivity index (χ0) is 18.6. The molecule has 0 bridgehead atoms. The van der Waals surface area contributed by atoms with Crippen LogP contribution in [0.15, 0.2) is 53.4 Å². The van der Waals surface area contributed by atoms with Crippen molar-refractivity contribution in [1.82, 2.24) is 0 Å². The lowest BCUT2D eigenvalue weighted by atomic mass is 9.87. The van der Waals surface area contributed by atoms with Crippen molar-refractivity contribution in [2.45, 2.75) is 43.3 Å². The van der Waals surface area contributed by atoms with Crippen LogP contribution in [0.5, 0.6) is 0 Å². The van der Waals surface area contributed by atoms with E-state index >= 15 is 0 Å². The third-order valence-electron chi connectivity index (χ3n) is 3.79. The number of nitrogens with one attached hydrogen (secondary N) is 1.